The number of hydrogen-bond acceptors (Lipinski definition) is 3. The van der Waals surface area contributed by atoms with Crippen molar-refractivity contribution in [3.8, 4) is 0 Å². The highest BCUT2D eigenvalue weighted by atomic mass is 16.5. The Kier molecular flexibility index (Phi) is 3.90. The van der Waals surface area contributed by atoms with Gasteiger partial charge in [-0.05, 0) is 43.4 Å². The first kappa shape index (κ1) is 12.9. The minimum Gasteiger partial charge on any atom is -0.462 e. The molecule has 0 spiro atoms. The first-order valence-corrected chi connectivity index (χ1v) is 6.62. The fourth-order valence-corrected chi connectivity index (χ4v) is 2.27. The second kappa shape index (κ2) is 5.42. The topological polar surface area (TPSA) is 52.3 Å². The molecule has 1 fully saturated rings. The van der Waals surface area contributed by atoms with E-state index in [9.17, 15) is 4.79 Å². The summed E-state index contributed by atoms with van der Waals surface area (Å²) in [5, 5.41) is 0. The molecule has 18 heavy (non-hydrogen) atoms. The van der Waals surface area contributed by atoms with Gasteiger partial charge in [0.2, 0.25) is 0 Å². The monoisotopic (exact) mass is 247 g/mol. The molecule has 0 heterocycles. The van der Waals surface area contributed by atoms with Crippen molar-refractivity contribution in [3.05, 3.63) is 28.8 Å². The predicted octanol–water partition coefficient (Wildman–Crippen LogP) is 3.23. The van der Waals surface area contributed by atoms with Crippen LogP contribution in [0.4, 0.5) is 5.69 Å². The quantitative estimate of drug-likeness (QED) is 0.656. The summed E-state index contributed by atoms with van der Waals surface area (Å²) in [4.78, 5) is 11.9. The molecule has 0 aliphatic heterocycles. The molecule has 3 heteroatoms. The van der Waals surface area contributed by atoms with E-state index in [1.54, 1.807) is 6.07 Å². The lowest BCUT2D eigenvalue weighted by atomic mass is 9.83. The fourth-order valence-electron chi connectivity index (χ4n) is 2.27. The highest BCUT2D eigenvalue weighted by Crippen LogP contribution is 2.29. The van der Waals surface area contributed by atoms with Gasteiger partial charge in [0.05, 0.1) is 12.2 Å². The van der Waals surface area contributed by atoms with E-state index in [1.165, 1.54) is 19.3 Å². The summed E-state index contributed by atoms with van der Waals surface area (Å²) in [7, 11) is 0. The normalized spacial score (nSPS) is 15.2. The second-order valence-electron chi connectivity index (χ2n) is 5.25. The standard InChI is InChI=1S/C15H21NO2/c1-10-8-11(2)14(16)9-13(10)15(17)18-7-6-12-4-3-5-12/h8-9,12H,3-7,16H2,1-2H3. The number of aryl methyl sites for hydroxylation is 2. The molecule has 98 valence electrons. The zero-order chi connectivity index (χ0) is 13.1. The zero-order valence-corrected chi connectivity index (χ0v) is 11.2. The molecule has 2 N–H and O–H groups in total. The lowest BCUT2D eigenvalue weighted by Gasteiger charge is -2.24. The molecule has 2 rings (SSSR count). The van der Waals surface area contributed by atoms with Crippen LogP contribution in [0.5, 0.6) is 0 Å². The van der Waals surface area contributed by atoms with Crippen LogP contribution in [0.15, 0.2) is 12.1 Å². The summed E-state index contributed by atoms with van der Waals surface area (Å²) in [6, 6.07) is 3.65. The molecule has 0 aromatic heterocycles. The maximum absolute atomic E-state index is 11.9. The molecular weight excluding hydrogens is 226 g/mol. The van der Waals surface area contributed by atoms with Crippen molar-refractivity contribution < 1.29 is 9.53 Å². The third-order valence-corrected chi connectivity index (χ3v) is 3.82. The lowest BCUT2D eigenvalue weighted by molar-refractivity contribution is 0.0463. The SMILES string of the molecule is Cc1cc(C)c(C(=O)OCCC2CCC2)cc1N. The minimum absolute atomic E-state index is 0.251. The van der Waals surface area contributed by atoms with Gasteiger partial charge in [-0.1, -0.05) is 25.3 Å². The molecule has 0 radical (unpaired) electrons. The number of anilines is 1. The number of carbonyl (C=O) groups excluding carboxylic acids is 1. The second-order valence-corrected chi connectivity index (χ2v) is 5.25. The highest BCUT2D eigenvalue weighted by Gasteiger charge is 2.18. The summed E-state index contributed by atoms with van der Waals surface area (Å²) in [5.74, 6) is 0.514. The Labute approximate surface area is 108 Å². The van der Waals surface area contributed by atoms with Crippen LogP contribution in [0.1, 0.15) is 47.2 Å². The van der Waals surface area contributed by atoms with E-state index in [0.717, 1.165) is 23.5 Å². The number of nitrogen functional groups attached to an aromatic ring is 1. The van der Waals surface area contributed by atoms with Crippen molar-refractivity contribution in [3.63, 3.8) is 0 Å². The number of ether oxygens (including phenoxy) is 1. The van der Waals surface area contributed by atoms with Crippen molar-refractivity contribution in [2.75, 3.05) is 12.3 Å². The maximum Gasteiger partial charge on any atom is 0.338 e. The van der Waals surface area contributed by atoms with Gasteiger partial charge in [-0.3, -0.25) is 0 Å². The van der Waals surface area contributed by atoms with Gasteiger partial charge < -0.3 is 10.5 Å². The first-order chi connectivity index (χ1) is 8.58. The van der Waals surface area contributed by atoms with E-state index < -0.39 is 0 Å². The third-order valence-electron chi connectivity index (χ3n) is 3.82. The van der Waals surface area contributed by atoms with Crippen molar-refractivity contribution >= 4 is 11.7 Å². The number of benzene rings is 1. The highest BCUT2D eigenvalue weighted by molar-refractivity contribution is 5.92. The number of nitrogens with two attached hydrogens (primary N) is 1. The van der Waals surface area contributed by atoms with Crippen LogP contribution < -0.4 is 5.73 Å². The van der Waals surface area contributed by atoms with Crippen molar-refractivity contribution in [2.45, 2.75) is 39.5 Å². The molecule has 3 nitrogen and oxygen atoms in total. The van der Waals surface area contributed by atoms with Crippen LogP contribution >= 0.6 is 0 Å². The van der Waals surface area contributed by atoms with E-state index in [1.807, 2.05) is 19.9 Å². The molecule has 1 aromatic rings. The Balaban J connectivity index is 1.93. The molecule has 1 saturated carbocycles. The summed E-state index contributed by atoms with van der Waals surface area (Å²) in [6.07, 6.45) is 4.89. The molecule has 0 amide bonds. The zero-order valence-electron chi connectivity index (χ0n) is 11.2. The van der Waals surface area contributed by atoms with Gasteiger partial charge in [0, 0.05) is 5.69 Å². The van der Waals surface area contributed by atoms with Gasteiger partial charge in [0.25, 0.3) is 0 Å². The van der Waals surface area contributed by atoms with E-state index in [-0.39, 0.29) is 5.97 Å². The van der Waals surface area contributed by atoms with Crippen LogP contribution in [-0.2, 0) is 4.74 Å². The molecule has 1 aromatic carbocycles. The Morgan fingerprint density at radius 2 is 2.06 bits per heavy atom. The fraction of sp³-hybridized carbons (Fsp3) is 0.533. The average Bonchev–Trinajstić information content (AvgIpc) is 2.26. The molecule has 0 saturated heterocycles. The first-order valence-electron chi connectivity index (χ1n) is 6.62. The van der Waals surface area contributed by atoms with Crippen LogP contribution in [0.25, 0.3) is 0 Å². The minimum atomic E-state index is -0.251. The van der Waals surface area contributed by atoms with Crippen LogP contribution in [-0.4, -0.2) is 12.6 Å². The van der Waals surface area contributed by atoms with Crippen LogP contribution in [0, 0.1) is 19.8 Å². The molecule has 0 unspecified atom stereocenters. The number of carbonyl (C=O) groups is 1. The van der Waals surface area contributed by atoms with Crippen molar-refractivity contribution in [1.29, 1.82) is 0 Å². The molecule has 0 bridgehead atoms. The van der Waals surface area contributed by atoms with Crippen molar-refractivity contribution in [1.82, 2.24) is 0 Å². The Bertz CT molecular complexity index is 450. The predicted molar refractivity (Wildman–Crippen MR) is 72.6 cm³/mol. The van der Waals surface area contributed by atoms with Gasteiger partial charge in [0.1, 0.15) is 0 Å². The van der Waals surface area contributed by atoms with Crippen LogP contribution in [0.2, 0.25) is 0 Å². The summed E-state index contributed by atoms with van der Waals surface area (Å²) in [6.45, 7) is 4.37. The van der Waals surface area contributed by atoms with E-state index in [2.05, 4.69) is 0 Å². The van der Waals surface area contributed by atoms with Gasteiger partial charge >= 0.3 is 5.97 Å². The largest absolute Gasteiger partial charge is 0.462 e. The lowest BCUT2D eigenvalue weighted by Crippen LogP contribution is -2.16. The smallest absolute Gasteiger partial charge is 0.338 e. The number of rotatable bonds is 4. The van der Waals surface area contributed by atoms with E-state index in [0.29, 0.717) is 17.9 Å². The number of esters is 1. The molecule has 1 aliphatic carbocycles. The Morgan fingerprint density at radius 1 is 1.33 bits per heavy atom. The van der Waals surface area contributed by atoms with Crippen LogP contribution in [0.3, 0.4) is 0 Å². The average molecular weight is 247 g/mol. The van der Waals surface area contributed by atoms with Gasteiger partial charge in [-0.25, -0.2) is 4.79 Å². The van der Waals surface area contributed by atoms with Crippen molar-refractivity contribution in [2.24, 2.45) is 5.92 Å². The molecule has 1 aliphatic rings. The Hall–Kier alpha value is -1.51. The van der Waals surface area contributed by atoms with Gasteiger partial charge in [-0.15, -0.1) is 0 Å². The summed E-state index contributed by atoms with van der Waals surface area (Å²) >= 11 is 0. The third kappa shape index (κ3) is 2.84. The van der Waals surface area contributed by atoms with E-state index >= 15 is 0 Å². The number of hydrogen-bond donors (Lipinski definition) is 1. The van der Waals surface area contributed by atoms with E-state index in [4.69, 9.17) is 10.5 Å². The summed E-state index contributed by atoms with van der Waals surface area (Å²) in [5.41, 5.74) is 8.99. The molecule has 0 atom stereocenters. The van der Waals surface area contributed by atoms with Gasteiger partial charge in [-0.2, -0.15) is 0 Å². The summed E-state index contributed by atoms with van der Waals surface area (Å²) < 4.78 is 5.32. The Morgan fingerprint density at radius 3 is 2.67 bits per heavy atom. The van der Waals surface area contributed by atoms with Gasteiger partial charge in [0.15, 0.2) is 0 Å². The molecular formula is C15H21NO2. The maximum atomic E-state index is 11.9.